The molecule has 0 aromatic carbocycles. The number of amides is 4. The van der Waals surface area contributed by atoms with Crippen molar-refractivity contribution >= 4 is 47.2 Å². The van der Waals surface area contributed by atoms with E-state index >= 15 is 0 Å². The fraction of sp³-hybridized carbons (Fsp3) is 0.667. The summed E-state index contributed by atoms with van der Waals surface area (Å²) in [6.07, 6.45) is 0. The zero-order chi connectivity index (χ0) is 18.2. The number of hydrogen-bond acceptors (Lipinski definition) is 8. The molecule has 0 saturated heterocycles. The number of thioether (sulfide) groups is 2. The summed E-state index contributed by atoms with van der Waals surface area (Å²) in [6, 6.07) is 0. The Morgan fingerprint density at radius 2 is 1.33 bits per heavy atom. The number of nitrogens with two attached hydrogens (primary N) is 2. The maximum absolute atomic E-state index is 11.3. The Kier molecular flexibility index (Phi) is 14.1. The summed E-state index contributed by atoms with van der Waals surface area (Å²) in [5.41, 5.74) is 6.81. The van der Waals surface area contributed by atoms with Gasteiger partial charge in [-0.2, -0.15) is 0 Å². The molecule has 0 aliphatic heterocycles. The van der Waals surface area contributed by atoms with E-state index in [-0.39, 0.29) is 36.4 Å². The van der Waals surface area contributed by atoms with Gasteiger partial charge in [-0.05, 0) is 0 Å². The lowest BCUT2D eigenvalue weighted by Crippen LogP contribution is -2.40. The van der Waals surface area contributed by atoms with Crippen LogP contribution in [0, 0.1) is 0 Å². The van der Waals surface area contributed by atoms with E-state index in [9.17, 15) is 19.2 Å². The third kappa shape index (κ3) is 15.4. The summed E-state index contributed by atoms with van der Waals surface area (Å²) >= 11 is 2.77. The van der Waals surface area contributed by atoms with Crippen LogP contribution in [0.4, 0.5) is 0 Å². The van der Waals surface area contributed by atoms with Crippen molar-refractivity contribution in [1.82, 2.24) is 16.1 Å². The number of carbonyl (C=O) groups excluding carboxylic acids is 4. The van der Waals surface area contributed by atoms with Crippen molar-refractivity contribution < 1.29 is 23.9 Å². The van der Waals surface area contributed by atoms with Crippen LogP contribution in [0.15, 0.2) is 0 Å². The van der Waals surface area contributed by atoms with Crippen molar-refractivity contribution in [2.45, 2.75) is 0 Å². The molecule has 0 fully saturated rings. The van der Waals surface area contributed by atoms with Crippen LogP contribution < -0.4 is 27.6 Å². The molecule has 138 valence electrons. The van der Waals surface area contributed by atoms with E-state index in [0.29, 0.717) is 24.7 Å². The summed E-state index contributed by atoms with van der Waals surface area (Å²) in [6.45, 7) is 0.668. The van der Waals surface area contributed by atoms with Crippen LogP contribution in [-0.4, -0.2) is 72.9 Å². The number of rotatable bonds is 14. The van der Waals surface area contributed by atoms with Gasteiger partial charge in [0.15, 0.2) is 0 Å². The average molecular weight is 381 g/mol. The standard InChI is InChI=1S/C12H23N5O5S2/c13-9(18)5-15-11(20)7-23-3-1-22-2-4-24-8-12(21)16-6-10(19)17-14/h1-8,14H2,(H2,13,18)(H,15,20)(H,16,21)(H,17,19). The van der Waals surface area contributed by atoms with Crippen molar-refractivity contribution in [2.24, 2.45) is 11.6 Å². The van der Waals surface area contributed by atoms with Gasteiger partial charge >= 0.3 is 0 Å². The second-order valence-corrected chi connectivity index (χ2v) is 6.52. The Morgan fingerprint density at radius 3 is 1.79 bits per heavy atom. The molecule has 0 aromatic rings. The first kappa shape index (κ1) is 22.5. The largest absolute Gasteiger partial charge is 0.380 e. The van der Waals surface area contributed by atoms with Crippen LogP contribution in [0.3, 0.4) is 0 Å². The minimum Gasteiger partial charge on any atom is -0.380 e. The second-order valence-electron chi connectivity index (χ2n) is 4.30. The van der Waals surface area contributed by atoms with Gasteiger partial charge in [0.1, 0.15) is 0 Å². The lowest BCUT2D eigenvalue weighted by Gasteiger charge is -2.06. The molecule has 24 heavy (non-hydrogen) atoms. The molecule has 0 saturated carbocycles. The fourth-order valence-corrected chi connectivity index (χ4v) is 2.52. The van der Waals surface area contributed by atoms with Crippen LogP contribution in [0.1, 0.15) is 0 Å². The van der Waals surface area contributed by atoms with Crippen molar-refractivity contribution in [2.75, 3.05) is 49.3 Å². The Bertz CT molecular complexity index is 425. The average Bonchev–Trinajstić information content (AvgIpc) is 2.56. The van der Waals surface area contributed by atoms with Crippen LogP contribution >= 0.6 is 23.5 Å². The predicted octanol–water partition coefficient (Wildman–Crippen LogP) is -2.82. The number of nitrogens with one attached hydrogen (secondary N) is 3. The Hall–Kier alpha value is -1.50. The molecule has 0 unspecified atom stereocenters. The van der Waals surface area contributed by atoms with Gasteiger partial charge in [0.25, 0.3) is 5.91 Å². The topological polar surface area (TPSA) is 166 Å². The molecule has 0 aliphatic rings. The quantitative estimate of drug-likeness (QED) is 0.0929. The van der Waals surface area contributed by atoms with E-state index in [2.05, 4.69) is 10.6 Å². The zero-order valence-electron chi connectivity index (χ0n) is 13.2. The summed E-state index contributed by atoms with van der Waals surface area (Å²) in [5.74, 6) is 5.09. The molecular weight excluding hydrogens is 358 g/mol. The van der Waals surface area contributed by atoms with Gasteiger partial charge in [-0.15, -0.1) is 23.5 Å². The first-order chi connectivity index (χ1) is 11.5. The van der Waals surface area contributed by atoms with Gasteiger partial charge in [-0.3, -0.25) is 24.6 Å². The van der Waals surface area contributed by atoms with Crippen molar-refractivity contribution in [3.8, 4) is 0 Å². The predicted molar refractivity (Wildman–Crippen MR) is 93.0 cm³/mol. The van der Waals surface area contributed by atoms with E-state index in [1.165, 1.54) is 23.5 Å². The number of ether oxygens (including phenoxy) is 1. The maximum Gasteiger partial charge on any atom is 0.253 e. The van der Waals surface area contributed by atoms with E-state index < -0.39 is 11.8 Å². The van der Waals surface area contributed by atoms with Crippen molar-refractivity contribution in [1.29, 1.82) is 0 Å². The van der Waals surface area contributed by atoms with E-state index in [4.69, 9.17) is 16.3 Å². The smallest absolute Gasteiger partial charge is 0.253 e. The molecule has 4 amide bonds. The van der Waals surface area contributed by atoms with Crippen LogP contribution in [0.5, 0.6) is 0 Å². The zero-order valence-corrected chi connectivity index (χ0v) is 14.8. The molecule has 0 heterocycles. The third-order valence-corrected chi connectivity index (χ3v) is 4.12. The summed E-state index contributed by atoms with van der Waals surface area (Å²) in [7, 11) is 0. The number of carbonyl (C=O) groups is 4. The fourth-order valence-electron chi connectivity index (χ4n) is 1.19. The lowest BCUT2D eigenvalue weighted by atomic mass is 10.5. The molecule has 10 nitrogen and oxygen atoms in total. The molecule has 12 heteroatoms. The number of hydrazine groups is 1. The van der Waals surface area contributed by atoms with Gasteiger partial charge in [-0.25, -0.2) is 5.84 Å². The van der Waals surface area contributed by atoms with Gasteiger partial charge in [0.05, 0.1) is 37.8 Å². The second kappa shape index (κ2) is 15.1. The van der Waals surface area contributed by atoms with E-state index in [1.54, 1.807) is 0 Å². The number of primary amides is 1. The van der Waals surface area contributed by atoms with Crippen LogP contribution in [0.25, 0.3) is 0 Å². The molecule has 0 rings (SSSR count). The van der Waals surface area contributed by atoms with Gasteiger partial charge < -0.3 is 21.1 Å². The highest BCUT2D eigenvalue weighted by Gasteiger charge is 2.04. The molecule has 0 aromatic heterocycles. The normalized spacial score (nSPS) is 10.0. The monoisotopic (exact) mass is 381 g/mol. The molecule has 0 aliphatic carbocycles. The Balaban J connectivity index is 3.33. The summed E-state index contributed by atoms with van der Waals surface area (Å²) < 4.78 is 5.35. The van der Waals surface area contributed by atoms with Gasteiger partial charge in [0.2, 0.25) is 17.7 Å². The highest BCUT2D eigenvalue weighted by Crippen LogP contribution is 2.01. The Morgan fingerprint density at radius 1 is 0.833 bits per heavy atom. The Labute approximate surface area is 148 Å². The van der Waals surface area contributed by atoms with Crippen LogP contribution in [-0.2, 0) is 23.9 Å². The van der Waals surface area contributed by atoms with E-state index in [1.807, 2.05) is 5.43 Å². The minimum absolute atomic E-state index is 0.142. The van der Waals surface area contributed by atoms with Crippen molar-refractivity contribution in [3.63, 3.8) is 0 Å². The van der Waals surface area contributed by atoms with Gasteiger partial charge in [0, 0.05) is 11.5 Å². The molecule has 7 N–H and O–H groups in total. The van der Waals surface area contributed by atoms with Crippen LogP contribution in [0.2, 0.25) is 0 Å². The third-order valence-electron chi connectivity index (χ3n) is 2.28. The van der Waals surface area contributed by atoms with Crippen molar-refractivity contribution in [3.05, 3.63) is 0 Å². The molecule has 0 spiro atoms. The van der Waals surface area contributed by atoms with Gasteiger partial charge in [-0.1, -0.05) is 0 Å². The number of hydrogen-bond donors (Lipinski definition) is 5. The lowest BCUT2D eigenvalue weighted by molar-refractivity contribution is -0.124. The molecule has 0 atom stereocenters. The first-order valence-corrected chi connectivity index (χ1v) is 9.31. The molecular formula is C12H23N5O5S2. The molecule has 0 bridgehead atoms. The minimum atomic E-state index is -0.578. The summed E-state index contributed by atoms with van der Waals surface area (Å²) in [5, 5.41) is 4.80. The SMILES string of the molecule is NNC(=O)CNC(=O)CSCCOCCSCC(=O)NCC(N)=O. The highest BCUT2D eigenvalue weighted by molar-refractivity contribution is 8.00. The maximum atomic E-state index is 11.3. The van der Waals surface area contributed by atoms with E-state index in [0.717, 1.165) is 0 Å². The first-order valence-electron chi connectivity index (χ1n) is 7.00. The highest BCUT2D eigenvalue weighted by atomic mass is 32.2. The molecule has 0 radical (unpaired) electrons. The summed E-state index contributed by atoms with van der Waals surface area (Å²) in [4.78, 5) is 43.8.